The van der Waals surface area contributed by atoms with Gasteiger partial charge >= 0.3 is 0 Å². The second kappa shape index (κ2) is 16.5. The Bertz CT molecular complexity index is 3480. The van der Waals surface area contributed by atoms with Crippen LogP contribution in [0.3, 0.4) is 0 Å². The number of aromatic nitrogens is 3. The molecule has 4 nitrogen and oxygen atoms in total. The third-order valence-electron chi connectivity index (χ3n) is 15.1. The Morgan fingerprint density at radius 2 is 1.09 bits per heavy atom. The summed E-state index contributed by atoms with van der Waals surface area (Å²) in [7, 11) is 0. The fraction of sp³-hybridized carbons (Fsp3) is 0.273. The topological polar surface area (TPSA) is 50.9 Å². The number of benzene rings is 7. The van der Waals surface area contributed by atoms with Crippen LogP contribution in [-0.4, -0.2) is 19.6 Å². The molecule has 0 saturated carbocycles. The Morgan fingerprint density at radius 3 is 1.77 bits per heavy atom. The highest BCUT2D eigenvalue weighted by molar-refractivity contribution is 5.98. The molecule has 1 aliphatic rings. The Hall–Kier alpha value is -7.04. The molecule has 0 radical (unpaired) electrons. The lowest BCUT2D eigenvalue weighted by atomic mass is 9.76. The van der Waals surface area contributed by atoms with Gasteiger partial charge in [-0.25, -0.2) is 4.98 Å². The molecule has 0 atom stereocenters. The van der Waals surface area contributed by atoms with Gasteiger partial charge in [0.2, 0.25) is 0 Å². The molecule has 0 fully saturated rings. The van der Waals surface area contributed by atoms with Crippen molar-refractivity contribution in [1.29, 1.82) is 0 Å². The molecule has 2 heterocycles. The first-order chi connectivity index (χ1) is 33.0. The van der Waals surface area contributed by atoms with Crippen LogP contribution in [0.1, 0.15) is 129 Å². The molecule has 9 aromatic rings. The van der Waals surface area contributed by atoms with E-state index in [1.807, 2.05) is 0 Å². The zero-order valence-corrected chi connectivity index (χ0v) is 43.4. The number of rotatable bonds is 7. The normalized spacial score (nSPS) is 13.7. The molecule has 4 heteroatoms. The molecule has 0 amide bonds. The van der Waals surface area contributed by atoms with Crippen molar-refractivity contribution < 1.29 is 5.11 Å². The van der Waals surface area contributed by atoms with Gasteiger partial charge in [0.15, 0.2) is 0 Å². The number of pyridine rings is 1. The second-order valence-corrected chi connectivity index (χ2v) is 23.8. The quantitative estimate of drug-likeness (QED) is 0.173. The number of aromatic hydroxyl groups is 1. The zero-order chi connectivity index (χ0) is 49.7. The molecule has 0 bridgehead atoms. The molecular weight excluding hydrogens is 851 g/mol. The summed E-state index contributed by atoms with van der Waals surface area (Å²) in [5.74, 6) is 0.952. The molecule has 0 saturated heterocycles. The van der Waals surface area contributed by atoms with E-state index >= 15 is 0 Å². The lowest BCUT2D eigenvalue weighted by Crippen LogP contribution is -2.19. The first kappa shape index (κ1) is 46.7. The molecule has 0 spiro atoms. The van der Waals surface area contributed by atoms with E-state index in [1.54, 1.807) is 0 Å². The smallest absolute Gasteiger partial charge is 0.149 e. The van der Waals surface area contributed by atoms with Crippen LogP contribution >= 0.6 is 0 Å². The Labute approximate surface area is 416 Å². The van der Waals surface area contributed by atoms with Crippen LogP contribution in [0.25, 0.3) is 72.7 Å². The highest BCUT2D eigenvalue weighted by atomic mass is 16.3. The van der Waals surface area contributed by atoms with Crippen molar-refractivity contribution in [2.75, 3.05) is 0 Å². The number of nitrogens with zero attached hydrogens (tertiary/aromatic N) is 3. The van der Waals surface area contributed by atoms with E-state index < -0.39 is 0 Å². The van der Waals surface area contributed by atoms with E-state index in [9.17, 15) is 5.11 Å². The van der Waals surface area contributed by atoms with E-state index in [-0.39, 0.29) is 32.8 Å². The van der Waals surface area contributed by atoms with Gasteiger partial charge in [0.1, 0.15) is 11.6 Å². The van der Waals surface area contributed by atoms with Crippen LogP contribution in [0.5, 0.6) is 5.75 Å². The summed E-state index contributed by atoms with van der Waals surface area (Å²) >= 11 is 0. The van der Waals surface area contributed by atoms with Gasteiger partial charge in [-0.2, -0.15) is 0 Å². The number of imidazole rings is 1. The molecule has 2 aromatic heterocycles. The Kier molecular flexibility index (Phi) is 11.0. The van der Waals surface area contributed by atoms with Gasteiger partial charge in [-0.1, -0.05) is 205 Å². The second-order valence-electron chi connectivity index (χ2n) is 23.8. The molecule has 0 unspecified atom stereocenters. The van der Waals surface area contributed by atoms with E-state index in [1.165, 1.54) is 38.9 Å². The van der Waals surface area contributed by atoms with Crippen molar-refractivity contribution >= 4 is 11.0 Å². The maximum Gasteiger partial charge on any atom is 0.149 e. The highest BCUT2D eigenvalue weighted by Gasteiger charge is 2.36. The Morgan fingerprint density at radius 1 is 0.457 bits per heavy atom. The average Bonchev–Trinajstić information content (AvgIpc) is 3.82. The van der Waals surface area contributed by atoms with Crippen LogP contribution < -0.4 is 0 Å². The fourth-order valence-corrected chi connectivity index (χ4v) is 10.7. The Balaban J connectivity index is 1.29. The molecule has 70 heavy (non-hydrogen) atoms. The SMILES string of the molecule is CC(C)(C)c1ccc(-n2c(-c3cc(C(C)(C)C)cc(C(C)(C)C)c3O)nc3c(-c4cc(-c5cc6c(cn5)-c5ccccc5C6(C)C)cc(C(C)(C)c5ccccc5)c4)cccc32)c(-c2ccccc2)c1. The molecule has 7 aromatic carbocycles. The van der Waals surface area contributed by atoms with Crippen molar-refractivity contribution in [2.24, 2.45) is 0 Å². The number of para-hydroxylation sites is 1. The summed E-state index contributed by atoms with van der Waals surface area (Å²) in [5, 5.41) is 12.7. The van der Waals surface area contributed by atoms with Gasteiger partial charge in [-0.3, -0.25) is 9.55 Å². The average molecular weight is 918 g/mol. The van der Waals surface area contributed by atoms with Gasteiger partial charge in [0.05, 0.1) is 28.0 Å². The first-order valence-electron chi connectivity index (χ1n) is 25.0. The van der Waals surface area contributed by atoms with E-state index in [4.69, 9.17) is 9.97 Å². The molecule has 10 rings (SSSR count). The molecule has 352 valence electrons. The number of fused-ring (bicyclic) bond motifs is 4. The van der Waals surface area contributed by atoms with Crippen LogP contribution in [-0.2, 0) is 27.1 Å². The van der Waals surface area contributed by atoms with Crippen LogP contribution in [0.4, 0.5) is 0 Å². The summed E-state index contributed by atoms with van der Waals surface area (Å²) in [6, 6.07) is 57.4. The van der Waals surface area contributed by atoms with Crippen LogP contribution in [0, 0.1) is 0 Å². The van der Waals surface area contributed by atoms with Gasteiger partial charge in [0, 0.05) is 44.8 Å². The van der Waals surface area contributed by atoms with E-state index in [2.05, 4.69) is 258 Å². The summed E-state index contributed by atoms with van der Waals surface area (Å²) < 4.78 is 2.31. The lowest BCUT2D eigenvalue weighted by Gasteiger charge is -2.28. The van der Waals surface area contributed by atoms with E-state index in [0.29, 0.717) is 11.4 Å². The van der Waals surface area contributed by atoms with Crippen LogP contribution in [0.15, 0.2) is 164 Å². The minimum atomic E-state index is -0.349. The molecule has 1 N–H and O–H groups in total. The van der Waals surface area contributed by atoms with Crippen molar-refractivity contribution in [3.8, 4) is 67.5 Å². The summed E-state index contributed by atoms with van der Waals surface area (Å²) in [5.41, 5.74) is 19.4. The maximum absolute atomic E-state index is 12.7. The third-order valence-corrected chi connectivity index (χ3v) is 15.1. The predicted molar refractivity (Wildman–Crippen MR) is 295 cm³/mol. The fourth-order valence-electron chi connectivity index (χ4n) is 10.7. The van der Waals surface area contributed by atoms with Crippen molar-refractivity contribution in [3.63, 3.8) is 0 Å². The van der Waals surface area contributed by atoms with Crippen LogP contribution in [0.2, 0.25) is 0 Å². The maximum atomic E-state index is 12.7. The third kappa shape index (κ3) is 7.96. The summed E-state index contributed by atoms with van der Waals surface area (Å²) in [4.78, 5) is 11.0. The van der Waals surface area contributed by atoms with E-state index in [0.717, 1.165) is 61.4 Å². The first-order valence-corrected chi connectivity index (χ1v) is 25.0. The number of phenolic OH excluding ortho intramolecular Hbond substituents is 1. The van der Waals surface area contributed by atoms with Gasteiger partial charge in [0.25, 0.3) is 0 Å². The van der Waals surface area contributed by atoms with Crippen molar-refractivity contribution in [2.45, 2.75) is 117 Å². The number of hydrogen-bond donors (Lipinski definition) is 1. The molecule has 0 aliphatic heterocycles. The summed E-state index contributed by atoms with van der Waals surface area (Å²) in [6.07, 6.45) is 2.08. The summed E-state index contributed by atoms with van der Waals surface area (Å²) in [6.45, 7) is 29.4. The van der Waals surface area contributed by atoms with Crippen molar-refractivity contribution in [1.82, 2.24) is 14.5 Å². The standard InChI is InChI=1S/C66H67N3O/c1-62(2,3)45-31-32-57(50(36-45)41-23-16-14-17-24-41)69-58-30-22-28-48(59(58)68-61(69)51-37-46(63(4,5)6)38-55(60(51)70)64(7,8)9)42-33-43(35-47(34-42)65(10,11)44-25-18-15-19-26-44)56-39-54-52(40-67-56)49-27-20-21-29-53(49)66(54,12)13/h14-40,70H,1-13H3. The predicted octanol–water partition coefficient (Wildman–Crippen LogP) is 17.3. The highest BCUT2D eigenvalue weighted by Crippen LogP contribution is 2.50. The largest absolute Gasteiger partial charge is 0.507 e. The lowest BCUT2D eigenvalue weighted by molar-refractivity contribution is 0.446. The number of hydrogen-bond acceptors (Lipinski definition) is 3. The zero-order valence-electron chi connectivity index (χ0n) is 43.4. The minimum absolute atomic E-state index is 0.0837. The minimum Gasteiger partial charge on any atom is -0.507 e. The number of phenols is 1. The molecular formula is C66H67N3O. The monoisotopic (exact) mass is 918 g/mol. The van der Waals surface area contributed by atoms with Gasteiger partial charge < -0.3 is 5.11 Å². The van der Waals surface area contributed by atoms with Crippen molar-refractivity contribution in [3.05, 3.63) is 203 Å². The van der Waals surface area contributed by atoms with Gasteiger partial charge in [-0.15, -0.1) is 0 Å². The molecule has 1 aliphatic carbocycles. The van der Waals surface area contributed by atoms with Gasteiger partial charge in [-0.05, 0) is 109 Å².